The average Bonchev–Trinajstić information content (AvgIpc) is 2.81. The minimum atomic E-state index is -0.206. The summed E-state index contributed by atoms with van der Waals surface area (Å²) in [6.45, 7) is 4.59. The number of benzene rings is 2. The number of aromatic nitrogens is 2. The molecule has 6 heteroatoms. The maximum absolute atomic E-state index is 12.3. The van der Waals surface area contributed by atoms with E-state index in [1.54, 1.807) is 12.4 Å². The number of anilines is 2. The first-order valence-electron chi connectivity index (χ1n) is 10.2. The molecule has 6 nitrogen and oxygen atoms in total. The molecule has 1 aromatic heterocycles. The van der Waals surface area contributed by atoms with Gasteiger partial charge in [0.1, 0.15) is 0 Å². The highest BCUT2D eigenvalue weighted by molar-refractivity contribution is 6.03. The largest absolute Gasteiger partial charge is 0.338 e. The van der Waals surface area contributed by atoms with Gasteiger partial charge in [0, 0.05) is 50.8 Å². The van der Waals surface area contributed by atoms with Crippen molar-refractivity contribution in [1.82, 2.24) is 14.9 Å². The number of nitrogens with one attached hydrogen (secondary N) is 1. The molecule has 0 unspecified atom stereocenters. The Bertz CT molecular complexity index is 965. The van der Waals surface area contributed by atoms with E-state index >= 15 is 0 Å². The molecule has 2 aromatic carbocycles. The van der Waals surface area contributed by atoms with Crippen LogP contribution in [0, 0.1) is 0 Å². The fraction of sp³-hybridized carbons (Fsp3) is 0.208. The Morgan fingerprint density at radius 2 is 1.53 bits per heavy atom. The molecule has 0 bridgehead atoms. The van der Waals surface area contributed by atoms with Crippen molar-refractivity contribution in [3.63, 3.8) is 0 Å². The number of rotatable bonds is 6. The van der Waals surface area contributed by atoms with Gasteiger partial charge in [-0.25, -0.2) is 9.97 Å². The van der Waals surface area contributed by atoms with E-state index in [0.29, 0.717) is 11.5 Å². The minimum Gasteiger partial charge on any atom is -0.338 e. The highest BCUT2D eigenvalue weighted by Crippen LogP contribution is 2.13. The summed E-state index contributed by atoms with van der Waals surface area (Å²) in [7, 11) is 0. The van der Waals surface area contributed by atoms with Crippen LogP contribution in [0.25, 0.3) is 6.08 Å². The Kier molecular flexibility index (Phi) is 6.47. The molecule has 0 spiro atoms. The molecular formula is C24H25N5O. The highest BCUT2D eigenvalue weighted by atomic mass is 16.1. The molecule has 0 aliphatic carbocycles. The molecule has 2 heterocycles. The van der Waals surface area contributed by atoms with Crippen LogP contribution in [0.4, 0.5) is 11.6 Å². The monoisotopic (exact) mass is 399 g/mol. The van der Waals surface area contributed by atoms with Crippen molar-refractivity contribution >= 4 is 23.6 Å². The standard InChI is InChI=1S/C24H25N5O/c30-23(27-22-11-5-2-6-12-22)21-18-25-24(26-19-21)29-16-14-28(15-17-29)13-7-10-20-8-3-1-4-9-20/h1-12,18-19H,13-17H2,(H,27,30)/b10-7+. The summed E-state index contributed by atoms with van der Waals surface area (Å²) >= 11 is 0. The number of carbonyl (C=O) groups excluding carboxylic acids is 1. The van der Waals surface area contributed by atoms with Crippen LogP contribution in [0.5, 0.6) is 0 Å². The van der Waals surface area contributed by atoms with Gasteiger partial charge in [-0.1, -0.05) is 60.7 Å². The van der Waals surface area contributed by atoms with Gasteiger partial charge in [-0.2, -0.15) is 0 Å². The zero-order chi connectivity index (χ0) is 20.6. The Morgan fingerprint density at radius 1 is 0.900 bits per heavy atom. The smallest absolute Gasteiger partial charge is 0.258 e. The van der Waals surface area contributed by atoms with Gasteiger partial charge in [0.05, 0.1) is 5.56 Å². The third-order valence-electron chi connectivity index (χ3n) is 5.06. The molecule has 0 saturated carbocycles. The molecule has 1 aliphatic heterocycles. The second kappa shape index (κ2) is 9.80. The van der Waals surface area contributed by atoms with E-state index in [1.807, 2.05) is 36.4 Å². The summed E-state index contributed by atoms with van der Waals surface area (Å²) in [4.78, 5) is 25.7. The SMILES string of the molecule is O=C(Nc1ccccc1)c1cnc(N2CCN(C/C=C/c3ccccc3)CC2)nc1. The molecular weight excluding hydrogens is 374 g/mol. The molecule has 1 saturated heterocycles. The van der Waals surface area contributed by atoms with E-state index in [1.165, 1.54) is 5.56 Å². The third kappa shape index (κ3) is 5.30. The van der Waals surface area contributed by atoms with Crippen LogP contribution in [0.2, 0.25) is 0 Å². The lowest BCUT2D eigenvalue weighted by Crippen LogP contribution is -2.47. The van der Waals surface area contributed by atoms with Crippen LogP contribution in [0.1, 0.15) is 15.9 Å². The second-order valence-electron chi connectivity index (χ2n) is 7.19. The van der Waals surface area contributed by atoms with Crippen molar-refractivity contribution in [2.75, 3.05) is 42.9 Å². The molecule has 0 atom stereocenters. The predicted molar refractivity (Wildman–Crippen MR) is 121 cm³/mol. The quantitative estimate of drug-likeness (QED) is 0.687. The number of para-hydroxylation sites is 1. The van der Waals surface area contributed by atoms with Crippen molar-refractivity contribution < 1.29 is 4.79 Å². The van der Waals surface area contributed by atoms with Crippen LogP contribution in [-0.4, -0.2) is 53.5 Å². The van der Waals surface area contributed by atoms with Gasteiger partial charge in [0.25, 0.3) is 5.91 Å². The molecule has 0 radical (unpaired) electrons. The number of hydrogen-bond acceptors (Lipinski definition) is 5. The number of amides is 1. The van der Waals surface area contributed by atoms with Gasteiger partial charge in [-0.05, 0) is 17.7 Å². The molecule has 3 aromatic rings. The van der Waals surface area contributed by atoms with Crippen LogP contribution in [-0.2, 0) is 0 Å². The van der Waals surface area contributed by atoms with Crippen LogP contribution >= 0.6 is 0 Å². The fourth-order valence-corrected chi connectivity index (χ4v) is 3.36. The summed E-state index contributed by atoms with van der Waals surface area (Å²) in [5, 5.41) is 2.85. The van der Waals surface area contributed by atoms with E-state index in [4.69, 9.17) is 0 Å². The van der Waals surface area contributed by atoms with Gasteiger partial charge in [-0.3, -0.25) is 9.69 Å². The van der Waals surface area contributed by atoms with E-state index in [0.717, 1.165) is 38.4 Å². The van der Waals surface area contributed by atoms with Crippen molar-refractivity contribution in [2.45, 2.75) is 0 Å². The van der Waals surface area contributed by atoms with Gasteiger partial charge in [0.15, 0.2) is 0 Å². The molecule has 1 fully saturated rings. The molecule has 30 heavy (non-hydrogen) atoms. The summed E-state index contributed by atoms with van der Waals surface area (Å²) in [5.41, 5.74) is 2.43. The first-order valence-corrected chi connectivity index (χ1v) is 10.2. The zero-order valence-electron chi connectivity index (χ0n) is 16.8. The molecule has 1 amide bonds. The average molecular weight is 399 g/mol. The Hall–Kier alpha value is -3.51. The zero-order valence-corrected chi connectivity index (χ0v) is 16.8. The van der Waals surface area contributed by atoms with Crippen molar-refractivity contribution in [2.24, 2.45) is 0 Å². The Labute approximate surface area is 176 Å². The van der Waals surface area contributed by atoms with E-state index in [2.05, 4.69) is 61.5 Å². The summed E-state index contributed by atoms with van der Waals surface area (Å²) in [6, 6.07) is 19.7. The van der Waals surface area contributed by atoms with E-state index < -0.39 is 0 Å². The van der Waals surface area contributed by atoms with Crippen molar-refractivity contribution in [3.8, 4) is 0 Å². The highest BCUT2D eigenvalue weighted by Gasteiger charge is 2.18. The maximum atomic E-state index is 12.3. The lowest BCUT2D eigenvalue weighted by atomic mass is 10.2. The first kappa shape index (κ1) is 19.8. The fourth-order valence-electron chi connectivity index (χ4n) is 3.36. The maximum Gasteiger partial charge on any atom is 0.258 e. The number of piperazine rings is 1. The first-order chi connectivity index (χ1) is 14.8. The van der Waals surface area contributed by atoms with Crippen LogP contribution in [0.15, 0.2) is 79.1 Å². The molecule has 1 N–H and O–H groups in total. The molecule has 1 aliphatic rings. The Morgan fingerprint density at radius 3 is 2.20 bits per heavy atom. The number of carbonyl (C=O) groups is 1. The second-order valence-corrected chi connectivity index (χ2v) is 7.19. The van der Waals surface area contributed by atoms with E-state index in [9.17, 15) is 4.79 Å². The van der Waals surface area contributed by atoms with Gasteiger partial charge < -0.3 is 10.2 Å². The Balaban J connectivity index is 1.26. The van der Waals surface area contributed by atoms with Crippen molar-refractivity contribution in [1.29, 1.82) is 0 Å². The lowest BCUT2D eigenvalue weighted by Gasteiger charge is -2.34. The lowest BCUT2D eigenvalue weighted by molar-refractivity contribution is 0.102. The van der Waals surface area contributed by atoms with E-state index in [-0.39, 0.29) is 5.91 Å². The summed E-state index contributed by atoms with van der Waals surface area (Å²) in [6.07, 6.45) is 7.56. The van der Waals surface area contributed by atoms with Crippen LogP contribution < -0.4 is 10.2 Å². The van der Waals surface area contributed by atoms with Gasteiger partial charge in [0.2, 0.25) is 5.95 Å². The molecule has 152 valence electrons. The summed E-state index contributed by atoms with van der Waals surface area (Å²) < 4.78 is 0. The number of nitrogens with zero attached hydrogens (tertiary/aromatic N) is 4. The minimum absolute atomic E-state index is 0.206. The predicted octanol–water partition coefficient (Wildman–Crippen LogP) is 3.56. The topological polar surface area (TPSA) is 61.4 Å². The normalized spacial score (nSPS) is 14.7. The summed E-state index contributed by atoms with van der Waals surface area (Å²) in [5.74, 6) is 0.466. The van der Waals surface area contributed by atoms with Crippen LogP contribution in [0.3, 0.4) is 0 Å². The van der Waals surface area contributed by atoms with Crippen molar-refractivity contribution in [3.05, 3.63) is 90.3 Å². The third-order valence-corrected chi connectivity index (χ3v) is 5.06. The van der Waals surface area contributed by atoms with Gasteiger partial charge >= 0.3 is 0 Å². The number of hydrogen-bond donors (Lipinski definition) is 1. The molecule has 4 rings (SSSR count). The van der Waals surface area contributed by atoms with Gasteiger partial charge in [-0.15, -0.1) is 0 Å².